The fourth-order valence-corrected chi connectivity index (χ4v) is 1.65. The third kappa shape index (κ3) is 2.01. The fraction of sp³-hybridized carbons (Fsp3) is 0.500. The summed E-state index contributed by atoms with van der Waals surface area (Å²) in [6.07, 6.45) is 1.35. The van der Waals surface area contributed by atoms with Crippen LogP contribution in [0.25, 0.3) is 0 Å². The van der Waals surface area contributed by atoms with Gasteiger partial charge >= 0.3 is 0 Å². The first-order chi connectivity index (χ1) is 6.86. The fourth-order valence-electron chi connectivity index (χ4n) is 1.65. The number of allylic oxidation sites excluding steroid dienone is 3. The molecule has 0 aromatic rings. The lowest BCUT2D eigenvalue weighted by molar-refractivity contribution is -0.118. The van der Waals surface area contributed by atoms with Gasteiger partial charge in [-0.05, 0) is 17.9 Å². The van der Waals surface area contributed by atoms with Crippen LogP contribution < -0.4 is 0 Å². The Morgan fingerprint density at radius 2 is 1.60 bits per heavy atom. The molecule has 1 rings (SSSR count). The highest BCUT2D eigenvalue weighted by molar-refractivity contribution is 6.21. The van der Waals surface area contributed by atoms with E-state index in [4.69, 9.17) is 0 Å². The van der Waals surface area contributed by atoms with Crippen molar-refractivity contribution in [3.63, 3.8) is 0 Å². The molecular weight excluding hydrogens is 192 g/mol. The molecule has 0 aliphatic heterocycles. The molecule has 0 heterocycles. The van der Waals surface area contributed by atoms with Gasteiger partial charge in [-0.1, -0.05) is 27.7 Å². The number of hydrogen-bond donors (Lipinski definition) is 1. The van der Waals surface area contributed by atoms with Crippen LogP contribution in [0.3, 0.4) is 0 Å². The van der Waals surface area contributed by atoms with Crippen LogP contribution >= 0.6 is 0 Å². The summed E-state index contributed by atoms with van der Waals surface area (Å²) in [5.41, 5.74) is 0.617. The zero-order valence-electron chi connectivity index (χ0n) is 9.50. The van der Waals surface area contributed by atoms with E-state index in [1.54, 1.807) is 13.8 Å². The second-order valence-electron chi connectivity index (χ2n) is 4.36. The van der Waals surface area contributed by atoms with Crippen molar-refractivity contribution in [3.05, 3.63) is 23.0 Å². The molecule has 0 radical (unpaired) electrons. The highest BCUT2D eigenvalue weighted by Gasteiger charge is 2.30. The Kier molecular flexibility index (Phi) is 3.12. The predicted octanol–water partition coefficient (Wildman–Crippen LogP) is 2.19. The molecule has 0 unspecified atom stereocenters. The van der Waals surface area contributed by atoms with Crippen LogP contribution in [0.2, 0.25) is 0 Å². The van der Waals surface area contributed by atoms with E-state index in [0.717, 1.165) is 0 Å². The zero-order chi connectivity index (χ0) is 11.7. The molecule has 1 aliphatic rings. The number of carbonyl (C=O) groups excluding carboxylic acids is 2. The Morgan fingerprint density at radius 3 is 2.00 bits per heavy atom. The molecule has 0 saturated carbocycles. The van der Waals surface area contributed by atoms with E-state index in [1.807, 2.05) is 13.8 Å². The maximum absolute atomic E-state index is 11.7. The standard InChI is InChI=1S/C12H16O3/c1-6(2)8-5-9(13)10(7(3)4)12(15)11(8)14/h5-7,15H,1-4H3. The third-order valence-corrected chi connectivity index (χ3v) is 2.48. The first kappa shape index (κ1) is 11.7. The summed E-state index contributed by atoms with van der Waals surface area (Å²) in [7, 11) is 0. The highest BCUT2D eigenvalue weighted by atomic mass is 16.3. The van der Waals surface area contributed by atoms with E-state index in [2.05, 4.69) is 0 Å². The molecule has 0 spiro atoms. The van der Waals surface area contributed by atoms with Gasteiger partial charge in [0.25, 0.3) is 0 Å². The van der Waals surface area contributed by atoms with Crippen molar-refractivity contribution < 1.29 is 14.7 Å². The number of ketones is 2. The van der Waals surface area contributed by atoms with Crippen LogP contribution in [0.15, 0.2) is 23.0 Å². The number of hydrogen-bond acceptors (Lipinski definition) is 3. The molecule has 0 amide bonds. The first-order valence-electron chi connectivity index (χ1n) is 5.10. The summed E-state index contributed by atoms with van der Waals surface area (Å²) in [4.78, 5) is 23.4. The van der Waals surface area contributed by atoms with Gasteiger partial charge in [0.1, 0.15) is 0 Å². The zero-order valence-corrected chi connectivity index (χ0v) is 9.50. The lowest BCUT2D eigenvalue weighted by Gasteiger charge is -2.19. The van der Waals surface area contributed by atoms with Crippen molar-refractivity contribution >= 4 is 11.6 Å². The first-order valence-corrected chi connectivity index (χ1v) is 5.10. The van der Waals surface area contributed by atoms with Gasteiger partial charge in [0, 0.05) is 11.1 Å². The van der Waals surface area contributed by atoms with Crippen LogP contribution in [-0.4, -0.2) is 16.7 Å². The molecular formula is C12H16O3. The molecule has 15 heavy (non-hydrogen) atoms. The Balaban J connectivity index is 3.20. The molecule has 3 nitrogen and oxygen atoms in total. The molecule has 0 saturated heterocycles. The SMILES string of the molecule is CC(C)C1=CC(=O)C(C(C)C)=C(O)C1=O. The second kappa shape index (κ2) is 4.01. The van der Waals surface area contributed by atoms with E-state index >= 15 is 0 Å². The monoisotopic (exact) mass is 208 g/mol. The van der Waals surface area contributed by atoms with Crippen molar-refractivity contribution in [3.8, 4) is 0 Å². The molecule has 0 aromatic carbocycles. The quantitative estimate of drug-likeness (QED) is 0.708. The number of Topliss-reactive ketones (excluding diaryl/α,β-unsaturated/α-hetero) is 1. The molecule has 0 aromatic heterocycles. The minimum absolute atomic E-state index is 0.0442. The van der Waals surface area contributed by atoms with Crippen molar-refractivity contribution in [2.75, 3.05) is 0 Å². The van der Waals surface area contributed by atoms with Gasteiger partial charge in [0.05, 0.1) is 0 Å². The van der Waals surface area contributed by atoms with Crippen LogP contribution in [0.1, 0.15) is 27.7 Å². The Hall–Kier alpha value is -1.38. The number of rotatable bonds is 2. The summed E-state index contributed by atoms with van der Waals surface area (Å²) in [6, 6.07) is 0. The second-order valence-corrected chi connectivity index (χ2v) is 4.36. The summed E-state index contributed by atoms with van der Waals surface area (Å²) >= 11 is 0. The topological polar surface area (TPSA) is 54.4 Å². The Labute approximate surface area is 89.5 Å². The minimum atomic E-state index is -0.409. The van der Waals surface area contributed by atoms with Crippen molar-refractivity contribution in [1.82, 2.24) is 0 Å². The van der Waals surface area contributed by atoms with E-state index in [9.17, 15) is 14.7 Å². The lowest BCUT2D eigenvalue weighted by atomic mass is 9.85. The Bertz CT molecular complexity index is 370. The van der Waals surface area contributed by atoms with Crippen molar-refractivity contribution in [2.24, 2.45) is 11.8 Å². The molecule has 0 fully saturated rings. The molecule has 1 aliphatic carbocycles. The third-order valence-electron chi connectivity index (χ3n) is 2.48. The summed E-state index contributed by atoms with van der Waals surface area (Å²) in [5, 5.41) is 9.67. The molecule has 0 atom stereocenters. The smallest absolute Gasteiger partial charge is 0.224 e. The molecule has 1 N–H and O–H groups in total. The van der Waals surface area contributed by atoms with Gasteiger partial charge in [-0.25, -0.2) is 0 Å². The number of aliphatic hydroxyl groups excluding tert-OH is 1. The van der Waals surface area contributed by atoms with E-state index in [0.29, 0.717) is 5.57 Å². The largest absolute Gasteiger partial charge is 0.504 e. The average molecular weight is 208 g/mol. The Morgan fingerprint density at radius 1 is 1.07 bits per heavy atom. The van der Waals surface area contributed by atoms with E-state index in [-0.39, 0.29) is 29.0 Å². The van der Waals surface area contributed by atoms with E-state index < -0.39 is 5.78 Å². The molecule has 82 valence electrons. The van der Waals surface area contributed by atoms with Crippen molar-refractivity contribution in [2.45, 2.75) is 27.7 Å². The van der Waals surface area contributed by atoms with E-state index in [1.165, 1.54) is 6.08 Å². The van der Waals surface area contributed by atoms with Gasteiger partial charge in [0.15, 0.2) is 11.5 Å². The minimum Gasteiger partial charge on any atom is -0.504 e. The van der Waals surface area contributed by atoms with Gasteiger partial charge in [-0.3, -0.25) is 9.59 Å². The summed E-state index contributed by atoms with van der Waals surface area (Å²) in [5.74, 6) is -1.20. The maximum atomic E-state index is 11.7. The molecule has 0 bridgehead atoms. The van der Waals surface area contributed by atoms with Crippen molar-refractivity contribution in [1.29, 1.82) is 0 Å². The average Bonchev–Trinajstić information content (AvgIpc) is 2.10. The summed E-state index contributed by atoms with van der Waals surface area (Å²) < 4.78 is 0. The van der Waals surface area contributed by atoms with Crippen LogP contribution in [0.5, 0.6) is 0 Å². The van der Waals surface area contributed by atoms with Gasteiger partial charge < -0.3 is 5.11 Å². The van der Waals surface area contributed by atoms with Crippen LogP contribution in [0, 0.1) is 11.8 Å². The predicted molar refractivity (Wildman–Crippen MR) is 57.4 cm³/mol. The lowest BCUT2D eigenvalue weighted by Crippen LogP contribution is -2.24. The summed E-state index contributed by atoms with van der Waals surface area (Å²) in [6.45, 7) is 7.21. The normalized spacial score (nSPS) is 17.9. The maximum Gasteiger partial charge on any atom is 0.224 e. The van der Waals surface area contributed by atoms with Crippen LogP contribution in [0.4, 0.5) is 0 Å². The van der Waals surface area contributed by atoms with Gasteiger partial charge in [0.2, 0.25) is 5.78 Å². The molecule has 3 heteroatoms. The van der Waals surface area contributed by atoms with Gasteiger partial charge in [-0.15, -0.1) is 0 Å². The number of carbonyl (C=O) groups is 2. The highest BCUT2D eigenvalue weighted by Crippen LogP contribution is 2.26. The van der Waals surface area contributed by atoms with Gasteiger partial charge in [-0.2, -0.15) is 0 Å². The number of aliphatic hydroxyl groups is 1. The van der Waals surface area contributed by atoms with Crippen LogP contribution in [-0.2, 0) is 9.59 Å².